The van der Waals surface area contributed by atoms with Gasteiger partial charge in [-0.3, -0.25) is 4.79 Å². The maximum atomic E-state index is 11.8. The van der Waals surface area contributed by atoms with E-state index in [1.54, 1.807) is 11.9 Å². The van der Waals surface area contributed by atoms with Crippen molar-refractivity contribution in [2.45, 2.75) is 32.9 Å². The number of amides is 1. The minimum Gasteiger partial charge on any atom is -0.399 e. The lowest BCUT2D eigenvalue weighted by atomic mass is 10.2. The van der Waals surface area contributed by atoms with E-state index in [-0.39, 0.29) is 18.1 Å². The zero-order chi connectivity index (χ0) is 13.8. The molecule has 2 N–H and O–H groups in total. The van der Waals surface area contributed by atoms with Gasteiger partial charge in [0, 0.05) is 19.3 Å². The van der Waals surface area contributed by atoms with Crippen LogP contribution in [0, 0.1) is 0 Å². The Hall–Kier alpha value is -1.55. The third-order valence-electron chi connectivity index (χ3n) is 2.43. The summed E-state index contributed by atoms with van der Waals surface area (Å²) in [5, 5.41) is 0. The van der Waals surface area contributed by atoms with Crippen molar-refractivity contribution in [3.63, 3.8) is 0 Å². The Labute approximate surface area is 109 Å². The Bertz CT molecular complexity index is 411. The molecule has 0 spiro atoms. The van der Waals surface area contributed by atoms with E-state index in [0.29, 0.717) is 12.2 Å². The van der Waals surface area contributed by atoms with Gasteiger partial charge in [0.25, 0.3) is 0 Å². The molecule has 1 aromatic rings. The van der Waals surface area contributed by atoms with E-state index in [0.717, 1.165) is 5.56 Å². The molecule has 1 rings (SSSR count). The van der Waals surface area contributed by atoms with Gasteiger partial charge in [0.15, 0.2) is 0 Å². The third-order valence-corrected chi connectivity index (χ3v) is 2.43. The van der Waals surface area contributed by atoms with Crippen LogP contribution in [0.2, 0.25) is 0 Å². The summed E-state index contributed by atoms with van der Waals surface area (Å²) in [6, 6.07) is 7.53. The van der Waals surface area contributed by atoms with E-state index >= 15 is 0 Å². The molecule has 0 radical (unpaired) electrons. The van der Waals surface area contributed by atoms with Crippen LogP contribution in [-0.4, -0.2) is 30.1 Å². The van der Waals surface area contributed by atoms with Crippen LogP contribution in [-0.2, 0) is 16.1 Å². The Balaban J connectivity index is 2.50. The smallest absolute Gasteiger partial charge is 0.248 e. The molecule has 0 saturated heterocycles. The molecule has 0 aliphatic rings. The van der Waals surface area contributed by atoms with Crippen molar-refractivity contribution < 1.29 is 9.53 Å². The molecule has 0 bridgehead atoms. The summed E-state index contributed by atoms with van der Waals surface area (Å²) in [6.07, 6.45) is 0. The molecule has 1 aromatic carbocycles. The number of ether oxygens (including phenoxy) is 1. The van der Waals surface area contributed by atoms with E-state index in [9.17, 15) is 4.79 Å². The van der Waals surface area contributed by atoms with Crippen LogP contribution in [0.15, 0.2) is 24.3 Å². The lowest BCUT2D eigenvalue weighted by molar-refractivity contribution is -0.140. The molecule has 100 valence electrons. The van der Waals surface area contributed by atoms with Crippen molar-refractivity contribution in [1.82, 2.24) is 4.90 Å². The second-order valence-electron chi connectivity index (χ2n) is 5.40. The van der Waals surface area contributed by atoms with Crippen LogP contribution < -0.4 is 5.73 Å². The van der Waals surface area contributed by atoms with Crippen molar-refractivity contribution in [2.24, 2.45) is 0 Å². The molecule has 0 aliphatic heterocycles. The number of carbonyl (C=O) groups is 1. The molecule has 0 heterocycles. The van der Waals surface area contributed by atoms with Gasteiger partial charge in [0.2, 0.25) is 5.91 Å². The number of nitrogens with zero attached hydrogens (tertiary/aromatic N) is 1. The SMILES string of the molecule is CN(Cc1cccc(N)c1)C(=O)COC(C)(C)C. The van der Waals surface area contributed by atoms with E-state index in [1.807, 2.05) is 45.0 Å². The predicted molar refractivity (Wildman–Crippen MR) is 73.0 cm³/mol. The number of likely N-dealkylation sites (N-methyl/N-ethyl adjacent to an activating group) is 1. The van der Waals surface area contributed by atoms with E-state index < -0.39 is 0 Å². The summed E-state index contributed by atoms with van der Waals surface area (Å²) in [7, 11) is 1.76. The molecule has 4 heteroatoms. The molecular weight excluding hydrogens is 228 g/mol. The average molecular weight is 250 g/mol. The lowest BCUT2D eigenvalue weighted by Crippen LogP contribution is -2.33. The number of anilines is 1. The van der Waals surface area contributed by atoms with Gasteiger partial charge in [-0.2, -0.15) is 0 Å². The minimum atomic E-state index is -0.298. The molecule has 0 fully saturated rings. The summed E-state index contributed by atoms with van der Waals surface area (Å²) in [6.45, 7) is 6.42. The van der Waals surface area contributed by atoms with E-state index in [4.69, 9.17) is 10.5 Å². The highest BCUT2D eigenvalue weighted by Gasteiger charge is 2.15. The number of rotatable bonds is 4. The second-order valence-corrected chi connectivity index (χ2v) is 5.40. The zero-order valence-electron chi connectivity index (χ0n) is 11.6. The molecule has 18 heavy (non-hydrogen) atoms. The Kier molecular flexibility index (Phi) is 4.73. The Morgan fingerprint density at radius 3 is 2.61 bits per heavy atom. The zero-order valence-corrected chi connectivity index (χ0v) is 11.6. The van der Waals surface area contributed by atoms with Crippen molar-refractivity contribution in [3.8, 4) is 0 Å². The molecule has 4 nitrogen and oxygen atoms in total. The van der Waals surface area contributed by atoms with Gasteiger partial charge in [-0.1, -0.05) is 12.1 Å². The van der Waals surface area contributed by atoms with Crippen LogP contribution in [0.3, 0.4) is 0 Å². The molecule has 1 amide bonds. The Morgan fingerprint density at radius 1 is 1.39 bits per heavy atom. The maximum absolute atomic E-state index is 11.8. The summed E-state index contributed by atoms with van der Waals surface area (Å²) in [5.74, 6) is -0.0349. The molecule has 0 unspecified atom stereocenters. The normalized spacial score (nSPS) is 11.3. The van der Waals surface area contributed by atoms with Crippen LogP contribution in [0.4, 0.5) is 5.69 Å². The van der Waals surface area contributed by atoms with E-state index in [2.05, 4.69) is 0 Å². The molecule has 0 saturated carbocycles. The number of nitrogen functional groups attached to an aromatic ring is 1. The first-order chi connectivity index (χ1) is 8.28. The summed E-state index contributed by atoms with van der Waals surface area (Å²) < 4.78 is 5.46. The van der Waals surface area contributed by atoms with Crippen LogP contribution in [0.5, 0.6) is 0 Å². The van der Waals surface area contributed by atoms with Gasteiger partial charge in [-0.05, 0) is 38.5 Å². The largest absolute Gasteiger partial charge is 0.399 e. The summed E-state index contributed by atoms with van der Waals surface area (Å²) >= 11 is 0. The first-order valence-corrected chi connectivity index (χ1v) is 6.00. The second kappa shape index (κ2) is 5.87. The first-order valence-electron chi connectivity index (χ1n) is 6.00. The maximum Gasteiger partial charge on any atom is 0.248 e. The number of carbonyl (C=O) groups excluding carboxylic acids is 1. The van der Waals surface area contributed by atoms with Crippen molar-refractivity contribution in [2.75, 3.05) is 19.4 Å². The number of nitrogens with two attached hydrogens (primary N) is 1. The van der Waals surface area contributed by atoms with Crippen LogP contribution in [0.25, 0.3) is 0 Å². The minimum absolute atomic E-state index is 0.0349. The lowest BCUT2D eigenvalue weighted by Gasteiger charge is -2.22. The van der Waals surface area contributed by atoms with Crippen molar-refractivity contribution >= 4 is 11.6 Å². The van der Waals surface area contributed by atoms with Gasteiger partial charge < -0.3 is 15.4 Å². The predicted octanol–water partition coefficient (Wildman–Crippen LogP) is 2.04. The Morgan fingerprint density at radius 2 is 2.06 bits per heavy atom. The highest BCUT2D eigenvalue weighted by atomic mass is 16.5. The van der Waals surface area contributed by atoms with Gasteiger partial charge >= 0.3 is 0 Å². The fourth-order valence-electron chi connectivity index (χ4n) is 1.44. The quantitative estimate of drug-likeness (QED) is 0.832. The monoisotopic (exact) mass is 250 g/mol. The number of hydrogen-bond acceptors (Lipinski definition) is 3. The highest BCUT2D eigenvalue weighted by molar-refractivity contribution is 5.77. The van der Waals surface area contributed by atoms with Crippen molar-refractivity contribution in [3.05, 3.63) is 29.8 Å². The number of hydrogen-bond donors (Lipinski definition) is 1. The summed E-state index contributed by atoms with van der Waals surface area (Å²) in [5.41, 5.74) is 7.12. The first kappa shape index (κ1) is 14.5. The average Bonchev–Trinajstić information content (AvgIpc) is 2.24. The van der Waals surface area contributed by atoms with Gasteiger partial charge in [0.05, 0.1) is 5.60 Å². The van der Waals surface area contributed by atoms with E-state index in [1.165, 1.54) is 0 Å². The fourth-order valence-corrected chi connectivity index (χ4v) is 1.44. The number of benzene rings is 1. The molecular formula is C14H22N2O2. The van der Waals surface area contributed by atoms with Crippen molar-refractivity contribution in [1.29, 1.82) is 0 Å². The molecule has 0 aliphatic carbocycles. The summed E-state index contributed by atoms with van der Waals surface area (Å²) in [4.78, 5) is 13.5. The van der Waals surface area contributed by atoms with Crippen LogP contribution in [0.1, 0.15) is 26.3 Å². The fraction of sp³-hybridized carbons (Fsp3) is 0.500. The highest BCUT2D eigenvalue weighted by Crippen LogP contribution is 2.10. The third kappa shape index (κ3) is 5.19. The van der Waals surface area contributed by atoms with Crippen LogP contribution >= 0.6 is 0 Å². The van der Waals surface area contributed by atoms with Gasteiger partial charge in [0.1, 0.15) is 6.61 Å². The topological polar surface area (TPSA) is 55.6 Å². The molecule has 0 atom stereocenters. The standard InChI is InChI=1S/C14H22N2O2/c1-14(2,3)18-10-13(17)16(4)9-11-6-5-7-12(15)8-11/h5-8H,9-10,15H2,1-4H3. The van der Waals surface area contributed by atoms with Gasteiger partial charge in [-0.25, -0.2) is 0 Å². The molecule has 0 aromatic heterocycles. The van der Waals surface area contributed by atoms with Gasteiger partial charge in [-0.15, -0.1) is 0 Å².